The van der Waals surface area contributed by atoms with Crippen molar-refractivity contribution >= 4 is 38.6 Å². The van der Waals surface area contributed by atoms with Crippen molar-refractivity contribution in [3.8, 4) is 0 Å². The maximum atomic E-state index is 11.7. The Labute approximate surface area is 112 Å². The first kappa shape index (κ1) is 14.4. The molecule has 94 valence electrons. The van der Waals surface area contributed by atoms with Crippen LogP contribution in [0.2, 0.25) is 0 Å². The highest BCUT2D eigenvalue weighted by Gasteiger charge is 2.18. The molecule has 0 bridgehead atoms. The van der Waals surface area contributed by atoms with E-state index >= 15 is 0 Å². The second-order valence-electron chi connectivity index (χ2n) is 3.25. The predicted molar refractivity (Wildman–Crippen MR) is 70.0 cm³/mol. The number of hydrogen-bond acceptors (Lipinski definition) is 4. The third kappa shape index (κ3) is 4.22. The molecule has 0 heterocycles. The Hall–Kier alpha value is -0.710. The van der Waals surface area contributed by atoms with Crippen molar-refractivity contribution in [3.05, 3.63) is 27.8 Å². The van der Waals surface area contributed by atoms with Crippen LogP contribution in [0.25, 0.3) is 0 Å². The van der Waals surface area contributed by atoms with Gasteiger partial charge in [-0.15, -0.1) is 0 Å². The standard InChI is InChI=1S/C9H11IN2O4S/c10-6-1-3-7(4-2-6)17(15,16)12-5-8(11)9(13)14/h1-4,8,12H,5,11H2,(H,13,14). The summed E-state index contributed by atoms with van der Waals surface area (Å²) in [7, 11) is -3.70. The number of sulfonamides is 1. The number of carbonyl (C=O) groups is 1. The lowest BCUT2D eigenvalue weighted by Gasteiger charge is -2.09. The van der Waals surface area contributed by atoms with Crippen LogP contribution in [0.3, 0.4) is 0 Å². The lowest BCUT2D eigenvalue weighted by atomic mass is 10.3. The lowest BCUT2D eigenvalue weighted by molar-refractivity contribution is -0.138. The molecule has 4 N–H and O–H groups in total. The molecule has 0 spiro atoms. The number of halogens is 1. The van der Waals surface area contributed by atoms with Crippen LogP contribution >= 0.6 is 22.6 Å². The van der Waals surface area contributed by atoms with Gasteiger partial charge in [-0.05, 0) is 46.9 Å². The molecule has 0 saturated carbocycles. The summed E-state index contributed by atoms with van der Waals surface area (Å²) in [4.78, 5) is 10.5. The summed E-state index contributed by atoms with van der Waals surface area (Å²) < 4.78 is 26.5. The van der Waals surface area contributed by atoms with Crippen molar-refractivity contribution in [1.82, 2.24) is 4.72 Å². The van der Waals surface area contributed by atoms with Crippen LogP contribution in [-0.4, -0.2) is 32.1 Å². The number of nitrogens with two attached hydrogens (primary N) is 1. The van der Waals surface area contributed by atoms with E-state index < -0.39 is 22.0 Å². The molecule has 0 aliphatic rings. The maximum Gasteiger partial charge on any atom is 0.321 e. The van der Waals surface area contributed by atoms with E-state index in [1.54, 1.807) is 12.1 Å². The number of carboxylic acid groups (broad SMARTS) is 1. The van der Waals surface area contributed by atoms with Gasteiger partial charge in [0.1, 0.15) is 6.04 Å². The molecule has 1 rings (SSSR count). The van der Waals surface area contributed by atoms with Crippen molar-refractivity contribution < 1.29 is 18.3 Å². The summed E-state index contributed by atoms with van der Waals surface area (Å²) in [6.07, 6.45) is 0. The highest BCUT2D eigenvalue weighted by Crippen LogP contribution is 2.11. The van der Waals surface area contributed by atoms with Crippen molar-refractivity contribution in [2.24, 2.45) is 5.73 Å². The average molecular weight is 370 g/mol. The molecule has 0 radical (unpaired) electrons. The molecule has 1 aromatic carbocycles. The molecule has 1 aromatic rings. The largest absolute Gasteiger partial charge is 0.480 e. The summed E-state index contributed by atoms with van der Waals surface area (Å²) in [6.45, 7) is -0.344. The van der Waals surface area contributed by atoms with Gasteiger partial charge in [-0.25, -0.2) is 13.1 Å². The van der Waals surface area contributed by atoms with Gasteiger partial charge in [0.15, 0.2) is 0 Å². The number of aliphatic carboxylic acids is 1. The van der Waals surface area contributed by atoms with E-state index in [0.29, 0.717) is 0 Å². The van der Waals surface area contributed by atoms with Crippen LogP contribution in [0.1, 0.15) is 0 Å². The summed E-state index contributed by atoms with van der Waals surface area (Å²) >= 11 is 2.05. The molecule has 0 aliphatic carbocycles. The van der Waals surface area contributed by atoms with Gasteiger partial charge in [-0.2, -0.15) is 0 Å². The van der Waals surface area contributed by atoms with E-state index in [-0.39, 0.29) is 11.4 Å². The van der Waals surface area contributed by atoms with Crippen molar-refractivity contribution in [1.29, 1.82) is 0 Å². The van der Waals surface area contributed by atoms with Crippen molar-refractivity contribution in [2.45, 2.75) is 10.9 Å². The topological polar surface area (TPSA) is 109 Å². The van der Waals surface area contributed by atoms with E-state index in [1.165, 1.54) is 12.1 Å². The molecule has 1 atom stereocenters. The molecule has 17 heavy (non-hydrogen) atoms. The van der Waals surface area contributed by atoms with Crippen molar-refractivity contribution in [2.75, 3.05) is 6.54 Å². The predicted octanol–water partition coefficient (Wildman–Crippen LogP) is -0.0186. The molecule has 0 aliphatic heterocycles. The number of hydrogen-bond donors (Lipinski definition) is 3. The Bertz CT molecular complexity index is 500. The highest BCUT2D eigenvalue weighted by molar-refractivity contribution is 14.1. The average Bonchev–Trinajstić information content (AvgIpc) is 2.26. The van der Waals surface area contributed by atoms with E-state index in [1.807, 2.05) is 0 Å². The minimum absolute atomic E-state index is 0.0792. The van der Waals surface area contributed by atoms with Crippen LogP contribution in [0.4, 0.5) is 0 Å². The highest BCUT2D eigenvalue weighted by atomic mass is 127. The summed E-state index contributed by atoms with van der Waals surface area (Å²) in [5, 5.41) is 8.52. The summed E-state index contributed by atoms with van der Waals surface area (Å²) in [5.74, 6) is -1.25. The Kier molecular flexibility index (Phi) is 4.86. The first-order valence-electron chi connectivity index (χ1n) is 4.56. The molecular weight excluding hydrogens is 359 g/mol. The third-order valence-corrected chi connectivity index (χ3v) is 4.09. The van der Waals surface area contributed by atoms with E-state index in [2.05, 4.69) is 27.3 Å². The fourth-order valence-corrected chi connectivity index (χ4v) is 2.40. The van der Waals surface area contributed by atoms with E-state index in [9.17, 15) is 13.2 Å². The van der Waals surface area contributed by atoms with Gasteiger partial charge in [0, 0.05) is 10.1 Å². The molecule has 0 saturated heterocycles. The van der Waals surface area contributed by atoms with Crippen LogP contribution in [0.5, 0.6) is 0 Å². The Morgan fingerprint density at radius 1 is 1.41 bits per heavy atom. The number of rotatable bonds is 5. The van der Waals surface area contributed by atoms with Crippen molar-refractivity contribution in [3.63, 3.8) is 0 Å². The van der Waals surface area contributed by atoms with Gasteiger partial charge in [0.05, 0.1) is 4.90 Å². The molecular formula is C9H11IN2O4S. The Morgan fingerprint density at radius 2 is 1.94 bits per heavy atom. The van der Waals surface area contributed by atoms with E-state index in [4.69, 9.17) is 10.8 Å². The van der Waals surface area contributed by atoms with Gasteiger partial charge < -0.3 is 10.8 Å². The van der Waals surface area contributed by atoms with Gasteiger partial charge in [0.25, 0.3) is 0 Å². The molecule has 0 fully saturated rings. The second-order valence-corrected chi connectivity index (χ2v) is 6.26. The van der Waals surface area contributed by atoms with Gasteiger partial charge in [0.2, 0.25) is 10.0 Å². The van der Waals surface area contributed by atoms with Crippen LogP contribution < -0.4 is 10.5 Å². The molecule has 6 nitrogen and oxygen atoms in total. The fourth-order valence-electron chi connectivity index (χ4n) is 0.984. The first-order valence-corrected chi connectivity index (χ1v) is 7.13. The molecule has 0 amide bonds. The third-order valence-electron chi connectivity index (χ3n) is 1.93. The van der Waals surface area contributed by atoms with Crippen LogP contribution in [0.15, 0.2) is 29.2 Å². The molecule has 0 aromatic heterocycles. The lowest BCUT2D eigenvalue weighted by Crippen LogP contribution is -2.42. The summed E-state index contributed by atoms with van der Waals surface area (Å²) in [5.41, 5.74) is 5.20. The zero-order valence-electron chi connectivity index (χ0n) is 8.63. The minimum atomic E-state index is -3.70. The normalized spacial score (nSPS) is 13.3. The molecule has 1 unspecified atom stereocenters. The Morgan fingerprint density at radius 3 is 2.41 bits per heavy atom. The first-order chi connectivity index (χ1) is 7.83. The van der Waals surface area contributed by atoms with Gasteiger partial charge in [-0.1, -0.05) is 0 Å². The number of carboxylic acids is 1. The maximum absolute atomic E-state index is 11.7. The number of nitrogens with one attached hydrogen (secondary N) is 1. The second kappa shape index (κ2) is 5.76. The fraction of sp³-hybridized carbons (Fsp3) is 0.222. The summed E-state index contributed by atoms with van der Waals surface area (Å²) in [6, 6.07) is 4.92. The van der Waals surface area contributed by atoms with Crippen LogP contribution in [-0.2, 0) is 14.8 Å². The molecule has 8 heteroatoms. The number of benzene rings is 1. The SMILES string of the molecule is NC(CNS(=O)(=O)c1ccc(I)cc1)C(=O)O. The zero-order valence-corrected chi connectivity index (χ0v) is 11.6. The van der Waals surface area contributed by atoms with Gasteiger partial charge >= 0.3 is 5.97 Å². The van der Waals surface area contributed by atoms with E-state index in [0.717, 1.165) is 3.57 Å². The minimum Gasteiger partial charge on any atom is -0.480 e. The monoisotopic (exact) mass is 370 g/mol. The Balaban J connectivity index is 2.76. The smallest absolute Gasteiger partial charge is 0.321 e. The zero-order chi connectivity index (χ0) is 13.1. The quantitative estimate of drug-likeness (QED) is 0.632. The van der Waals surface area contributed by atoms with Gasteiger partial charge in [-0.3, -0.25) is 4.79 Å². The van der Waals surface area contributed by atoms with Crippen LogP contribution in [0, 0.1) is 3.57 Å².